The van der Waals surface area contributed by atoms with Gasteiger partial charge in [-0.15, -0.1) is 0 Å². The molecule has 1 amide bonds. The molecular weight excluding hydrogens is 542 g/mol. The van der Waals surface area contributed by atoms with Crippen LogP contribution in [0.5, 0.6) is 5.75 Å². The zero-order valence-electron chi connectivity index (χ0n) is 22.8. The lowest BCUT2D eigenvalue weighted by Gasteiger charge is -2.26. The molecule has 2 unspecified atom stereocenters. The van der Waals surface area contributed by atoms with E-state index in [4.69, 9.17) is 21.4 Å². The van der Waals surface area contributed by atoms with Gasteiger partial charge in [-0.3, -0.25) is 19.9 Å². The van der Waals surface area contributed by atoms with Crippen molar-refractivity contribution in [3.8, 4) is 17.1 Å². The SMILES string of the molecule is COc1cc([N+](=O)[O-])ccc1-c1ccc(C2C(c3ccccn3)NC(=S)N2CCC(=O)Nc2cc(C)ccc2C)o1. The number of ether oxygens (including phenoxy) is 1. The van der Waals surface area contributed by atoms with Crippen molar-refractivity contribution >= 4 is 34.6 Å². The second-order valence-electron chi connectivity index (χ2n) is 9.78. The molecule has 0 spiro atoms. The van der Waals surface area contributed by atoms with E-state index in [0.717, 1.165) is 22.5 Å². The zero-order valence-corrected chi connectivity index (χ0v) is 23.6. The number of nitro benzene ring substituents is 1. The minimum Gasteiger partial charge on any atom is -0.496 e. The molecule has 0 saturated carbocycles. The Morgan fingerprint density at radius 3 is 2.73 bits per heavy atom. The fourth-order valence-corrected chi connectivity index (χ4v) is 5.25. The largest absolute Gasteiger partial charge is 0.496 e. The Morgan fingerprint density at radius 2 is 2.00 bits per heavy atom. The summed E-state index contributed by atoms with van der Waals surface area (Å²) in [5.41, 5.74) is 4.10. The number of hydrogen-bond donors (Lipinski definition) is 2. The van der Waals surface area contributed by atoms with Crippen molar-refractivity contribution in [2.75, 3.05) is 19.0 Å². The molecule has 0 aliphatic carbocycles. The quantitative estimate of drug-likeness (QED) is 0.144. The number of nitro groups is 1. The Balaban J connectivity index is 1.43. The molecule has 11 heteroatoms. The number of pyridine rings is 1. The predicted molar refractivity (Wildman–Crippen MR) is 159 cm³/mol. The van der Waals surface area contributed by atoms with Crippen molar-refractivity contribution in [3.63, 3.8) is 0 Å². The van der Waals surface area contributed by atoms with Gasteiger partial charge in [0.2, 0.25) is 5.91 Å². The summed E-state index contributed by atoms with van der Waals surface area (Å²) in [6.07, 6.45) is 1.91. The second kappa shape index (κ2) is 11.8. The van der Waals surface area contributed by atoms with Gasteiger partial charge in [0.15, 0.2) is 5.11 Å². The van der Waals surface area contributed by atoms with Crippen LogP contribution >= 0.6 is 12.2 Å². The Kier molecular flexibility index (Phi) is 7.97. The molecule has 0 bridgehead atoms. The number of amides is 1. The molecule has 1 aliphatic rings. The van der Waals surface area contributed by atoms with Crippen molar-refractivity contribution < 1.29 is 18.9 Å². The van der Waals surface area contributed by atoms with E-state index < -0.39 is 11.0 Å². The highest BCUT2D eigenvalue weighted by Crippen LogP contribution is 2.42. The topological polar surface area (TPSA) is 123 Å². The molecule has 210 valence electrons. The van der Waals surface area contributed by atoms with Crippen LogP contribution in [0.3, 0.4) is 0 Å². The van der Waals surface area contributed by atoms with Crippen molar-refractivity contribution in [2.45, 2.75) is 32.4 Å². The summed E-state index contributed by atoms with van der Waals surface area (Å²) in [5, 5.41) is 18.1. The monoisotopic (exact) mass is 571 g/mol. The molecule has 1 fully saturated rings. The van der Waals surface area contributed by atoms with Crippen molar-refractivity contribution in [3.05, 3.63) is 106 Å². The van der Waals surface area contributed by atoms with Gasteiger partial charge in [-0.1, -0.05) is 18.2 Å². The number of non-ortho nitro benzene ring substituents is 1. The van der Waals surface area contributed by atoms with Crippen LogP contribution in [0.1, 0.15) is 41.1 Å². The summed E-state index contributed by atoms with van der Waals surface area (Å²) in [4.78, 5) is 30.2. The van der Waals surface area contributed by atoms with Crippen LogP contribution in [0.2, 0.25) is 0 Å². The maximum atomic E-state index is 13.0. The van der Waals surface area contributed by atoms with Crippen LogP contribution in [-0.2, 0) is 4.79 Å². The summed E-state index contributed by atoms with van der Waals surface area (Å²) in [5.74, 6) is 1.27. The molecule has 41 heavy (non-hydrogen) atoms. The third-order valence-corrected chi connectivity index (χ3v) is 7.38. The number of furan rings is 1. The molecule has 2 N–H and O–H groups in total. The van der Waals surface area contributed by atoms with Crippen molar-refractivity contribution in [1.29, 1.82) is 0 Å². The van der Waals surface area contributed by atoms with Crippen LogP contribution in [0.15, 0.2) is 77.3 Å². The van der Waals surface area contributed by atoms with Crippen LogP contribution in [-0.4, -0.2) is 39.5 Å². The number of carbonyl (C=O) groups excluding carboxylic acids is 1. The number of thiocarbonyl (C=S) groups is 1. The molecule has 1 saturated heterocycles. The van der Waals surface area contributed by atoms with Crippen LogP contribution in [0.25, 0.3) is 11.3 Å². The van der Waals surface area contributed by atoms with E-state index >= 15 is 0 Å². The van der Waals surface area contributed by atoms with Crippen LogP contribution < -0.4 is 15.4 Å². The maximum Gasteiger partial charge on any atom is 0.273 e. The predicted octanol–water partition coefficient (Wildman–Crippen LogP) is 5.88. The van der Waals surface area contributed by atoms with Gasteiger partial charge in [-0.2, -0.15) is 0 Å². The van der Waals surface area contributed by atoms with Gasteiger partial charge < -0.3 is 24.7 Å². The first-order valence-electron chi connectivity index (χ1n) is 13.0. The highest BCUT2D eigenvalue weighted by molar-refractivity contribution is 7.80. The molecular formula is C30H29N5O5S. The fourth-order valence-electron chi connectivity index (χ4n) is 4.91. The third-order valence-electron chi connectivity index (χ3n) is 7.02. The summed E-state index contributed by atoms with van der Waals surface area (Å²) in [7, 11) is 1.45. The number of nitrogens with one attached hydrogen (secondary N) is 2. The van der Waals surface area contributed by atoms with Gasteiger partial charge in [0.05, 0.1) is 35.4 Å². The van der Waals surface area contributed by atoms with E-state index in [1.54, 1.807) is 18.3 Å². The van der Waals surface area contributed by atoms with Crippen LogP contribution in [0.4, 0.5) is 11.4 Å². The van der Waals surface area contributed by atoms with E-state index in [1.165, 1.54) is 19.2 Å². The number of carbonyl (C=O) groups is 1. The first kappa shape index (κ1) is 27.8. The Bertz CT molecular complexity index is 1610. The van der Waals surface area contributed by atoms with Gasteiger partial charge in [0.25, 0.3) is 5.69 Å². The standard InChI is InChI=1S/C30H29N5O5S/c1-18-7-8-19(2)23(16-18)32-27(36)13-15-34-29(28(33-30(34)41)22-6-4-5-14-31-22)25-12-11-24(40-25)21-10-9-20(35(37)38)17-26(21)39-3/h4-12,14,16-17,28-29H,13,15H2,1-3H3,(H,32,36)(H,33,41). The van der Waals surface area contributed by atoms with Gasteiger partial charge in [-0.25, -0.2) is 0 Å². The number of aromatic nitrogens is 1. The Hall–Kier alpha value is -4.77. The average molecular weight is 572 g/mol. The number of hydrogen-bond acceptors (Lipinski definition) is 7. The molecule has 1 aliphatic heterocycles. The normalized spacial score (nSPS) is 16.4. The van der Waals surface area contributed by atoms with Gasteiger partial charge in [0, 0.05) is 30.9 Å². The molecule has 2 aromatic heterocycles. The Morgan fingerprint density at radius 1 is 1.17 bits per heavy atom. The number of anilines is 1. The third kappa shape index (κ3) is 5.90. The summed E-state index contributed by atoms with van der Waals surface area (Å²) in [6, 6.07) is 18.9. The van der Waals surface area contributed by atoms with Gasteiger partial charge in [0.1, 0.15) is 23.3 Å². The number of methoxy groups -OCH3 is 1. The number of benzene rings is 2. The van der Waals surface area contributed by atoms with Gasteiger partial charge in [-0.05, 0) is 73.6 Å². The highest BCUT2D eigenvalue weighted by atomic mass is 32.1. The smallest absolute Gasteiger partial charge is 0.273 e. The molecule has 2 atom stereocenters. The maximum absolute atomic E-state index is 13.0. The zero-order chi connectivity index (χ0) is 29.1. The van der Waals surface area contributed by atoms with Gasteiger partial charge >= 0.3 is 0 Å². The van der Waals surface area contributed by atoms with Crippen molar-refractivity contribution in [2.24, 2.45) is 0 Å². The van der Waals surface area contributed by atoms with Crippen molar-refractivity contribution in [1.82, 2.24) is 15.2 Å². The summed E-state index contributed by atoms with van der Waals surface area (Å²) in [6.45, 7) is 4.28. The average Bonchev–Trinajstić information content (AvgIpc) is 3.58. The molecule has 10 nitrogen and oxygen atoms in total. The molecule has 3 heterocycles. The van der Waals surface area contributed by atoms with E-state index in [1.807, 2.05) is 61.2 Å². The minimum atomic E-state index is -0.475. The number of nitrogens with zero attached hydrogens (tertiary/aromatic N) is 3. The lowest BCUT2D eigenvalue weighted by atomic mass is 10.0. The highest BCUT2D eigenvalue weighted by Gasteiger charge is 2.41. The summed E-state index contributed by atoms with van der Waals surface area (Å²) < 4.78 is 11.8. The first-order valence-corrected chi connectivity index (χ1v) is 13.4. The number of aryl methyl sites for hydroxylation is 2. The van der Waals surface area contributed by atoms with E-state index in [-0.39, 0.29) is 24.1 Å². The second-order valence-corrected chi connectivity index (χ2v) is 10.2. The molecule has 2 aromatic carbocycles. The lowest BCUT2D eigenvalue weighted by Crippen LogP contribution is -2.32. The van der Waals surface area contributed by atoms with Crippen LogP contribution in [0, 0.1) is 24.0 Å². The van der Waals surface area contributed by atoms with E-state index in [0.29, 0.717) is 34.5 Å². The molecule has 5 rings (SSSR count). The lowest BCUT2D eigenvalue weighted by molar-refractivity contribution is -0.384. The first-order chi connectivity index (χ1) is 19.7. The minimum absolute atomic E-state index is 0.0803. The molecule has 4 aromatic rings. The molecule has 0 radical (unpaired) electrons. The fraction of sp³-hybridized carbons (Fsp3) is 0.233. The Labute approximate surface area is 242 Å². The van der Waals surface area contributed by atoms with E-state index in [9.17, 15) is 14.9 Å². The summed E-state index contributed by atoms with van der Waals surface area (Å²) >= 11 is 5.72. The number of rotatable bonds is 9. The van der Waals surface area contributed by atoms with E-state index in [2.05, 4.69) is 15.6 Å².